The highest BCUT2D eigenvalue weighted by molar-refractivity contribution is 7.92. The van der Waals surface area contributed by atoms with Crippen LogP contribution in [-0.2, 0) is 10.0 Å². The monoisotopic (exact) mass is 289 g/mol. The number of aromatic nitrogens is 4. The number of hydrogen-bond donors (Lipinski definition) is 2. The lowest BCUT2D eigenvalue weighted by molar-refractivity contribution is 0.607. The fourth-order valence-electron chi connectivity index (χ4n) is 1.84. The van der Waals surface area contributed by atoms with Crippen molar-refractivity contribution in [3.05, 3.63) is 36.8 Å². The van der Waals surface area contributed by atoms with Gasteiger partial charge in [0, 0.05) is 11.3 Å². The first-order valence-electron chi connectivity index (χ1n) is 5.75. The van der Waals surface area contributed by atoms with Gasteiger partial charge in [-0.3, -0.25) is 4.72 Å². The van der Waals surface area contributed by atoms with Gasteiger partial charge in [-0.2, -0.15) is 0 Å². The van der Waals surface area contributed by atoms with Crippen LogP contribution in [0.1, 0.15) is 0 Å². The van der Waals surface area contributed by atoms with E-state index in [0.717, 1.165) is 17.3 Å². The Morgan fingerprint density at radius 3 is 2.90 bits per heavy atom. The van der Waals surface area contributed by atoms with E-state index in [1.165, 1.54) is 6.33 Å². The van der Waals surface area contributed by atoms with Crippen molar-refractivity contribution in [1.82, 2.24) is 19.9 Å². The van der Waals surface area contributed by atoms with E-state index in [1.54, 1.807) is 24.4 Å². The quantitative estimate of drug-likeness (QED) is 0.759. The fourth-order valence-corrected chi connectivity index (χ4v) is 2.40. The van der Waals surface area contributed by atoms with Gasteiger partial charge in [-0.25, -0.2) is 23.4 Å². The van der Waals surface area contributed by atoms with Crippen molar-refractivity contribution in [3.8, 4) is 11.4 Å². The summed E-state index contributed by atoms with van der Waals surface area (Å²) < 4.78 is 24.9. The molecule has 8 heteroatoms. The van der Waals surface area contributed by atoms with Gasteiger partial charge >= 0.3 is 0 Å². The minimum atomic E-state index is -3.30. The second-order valence-electron chi connectivity index (χ2n) is 4.30. The number of anilines is 1. The molecule has 3 rings (SSSR count). The van der Waals surface area contributed by atoms with Crippen LogP contribution in [0.3, 0.4) is 0 Å². The van der Waals surface area contributed by atoms with Crippen molar-refractivity contribution in [2.75, 3.05) is 11.0 Å². The summed E-state index contributed by atoms with van der Waals surface area (Å²) in [5.74, 6) is 0.609. The van der Waals surface area contributed by atoms with E-state index in [9.17, 15) is 8.42 Å². The van der Waals surface area contributed by atoms with Crippen molar-refractivity contribution in [2.24, 2.45) is 0 Å². The average Bonchev–Trinajstić information content (AvgIpc) is 2.80. The molecule has 0 bridgehead atoms. The zero-order valence-corrected chi connectivity index (χ0v) is 11.3. The van der Waals surface area contributed by atoms with Gasteiger partial charge in [-0.1, -0.05) is 12.1 Å². The molecule has 0 spiro atoms. The molecule has 0 aliphatic rings. The molecule has 0 atom stereocenters. The van der Waals surface area contributed by atoms with E-state index in [1.807, 2.05) is 6.07 Å². The number of hydrogen-bond acceptors (Lipinski definition) is 5. The molecular weight excluding hydrogens is 278 g/mol. The Balaban J connectivity index is 2.03. The highest BCUT2D eigenvalue weighted by Crippen LogP contribution is 2.22. The second kappa shape index (κ2) is 4.57. The molecule has 0 unspecified atom stereocenters. The summed E-state index contributed by atoms with van der Waals surface area (Å²) >= 11 is 0. The Kier molecular flexibility index (Phi) is 2.87. The SMILES string of the molecule is CS(=O)(=O)Nc1cccc(-c2nc3ncncc3[nH]2)c1. The lowest BCUT2D eigenvalue weighted by atomic mass is 10.2. The third-order valence-corrected chi connectivity index (χ3v) is 3.21. The molecule has 102 valence electrons. The number of aromatic amines is 1. The highest BCUT2D eigenvalue weighted by atomic mass is 32.2. The van der Waals surface area contributed by atoms with E-state index in [-0.39, 0.29) is 0 Å². The Bertz CT molecular complexity index is 839. The van der Waals surface area contributed by atoms with Gasteiger partial charge in [-0.15, -0.1) is 0 Å². The molecule has 2 N–H and O–H groups in total. The van der Waals surface area contributed by atoms with Crippen molar-refractivity contribution >= 4 is 26.9 Å². The number of sulfonamides is 1. The fraction of sp³-hybridized carbons (Fsp3) is 0.0833. The smallest absolute Gasteiger partial charge is 0.229 e. The molecule has 3 aromatic rings. The Morgan fingerprint density at radius 2 is 2.15 bits per heavy atom. The zero-order valence-electron chi connectivity index (χ0n) is 10.5. The lowest BCUT2D eigenvalue weighted by Crippen LogP contribution is -2.09. The number of benzene rings is 1. The van der Waals surface area contributed by atoms with Crippen molar-refractivity contribution in [3.63, 3.8) is 0 Å². The van der Waals surface area contributed by atoms with Crippen LogP contribution in [0.15, 0.2) is 36.8 Å². The first-order chi connectivity index (χ1) is 9.51. The number of rotatable bonds is 3. The molecule has 0 fully saturated rings. The molecule has 0 radical (unpaired) electrons. The number of fused-ring (bicyclic) bond motifs is 1. The molecule has 0 saturated carbocycles. The van der Waals surface area contributed by atoms with Crippen LogP contribution in [0.5, 0.6) is 0 Å². The van der Waals surface area contributed by atoms with Crippen LogP contribution in [0.2, 0.25) is 0 Å². The molecule has 20 heavy (non-hydrogen) atoms. The van der Waals surface area contributed by atoms with Gasteiger partial charge in [0.05, 0.1) is 12.5 Å². The maximum Gasteiger partial charge on any atom is 0.229 e. The van der Waals surface area contributed by atoms with Crippen molar-refractivity contribution in [2.45, 2.75) is 0 Å². The molecule has 7 nitrogen and oxygen atoms in total. The summed E-state index contributed by atoms with van der Waals surface area (Å²) in [7, 11) is -3.30. The van der Waals surface area contributed by atoms with Gasteiger partial charge < -0.3 is 4.98 Å². The third-order valence-electron chi connectivity index (χ3n) is 2.60. The highest BCUT2D eigenvalue weighted by Gasteiger charge is 2.08. The Morgan fingerprint density at radius 1 is 1.30 bits per heavy atom. The molecular formula is C12H11N5O2S. The topological polar surface area (TPSA) is 101 Å². The molecule has 0 saturated heterocycles. The minimum Gasteiger partial charge on any atom is -0.335 e. The normalized spacial score (nSPS) is 11.7. The lowest BCUT2D eigenvalue weighted by Gasteiger charge is -2.04. The summed E-state index contributed by atoms with van der Waals surface area (Å²) in [6.45, 7) is 0. The van der Waals surface area contributed by atoms with Crippen molar-refractivity contribution < 1.29 is 8.42 Å². The predicted octanol–water partition coefficient (Wildman–Crippen LogP) is 1.39. The zero-order chi connectivity index (χ0) is 14.2. The average molecular weight is 289 g/mol. The van der Waals surface area contributed by atoms with Crippen LogP contribution in [0.4, 0.5) is 5.69 Å². The number of nitrogens with one attached hydrogen (secondary N) is 2. The first kappa shape index (κ1) is 12.5. The molecule has 2 aromatic heterocycles. The van der Waals surface area contributed by atoms with Crippen LogP contribution >= 0.6 is 0 Å². The van der Waals surface area contributed by atoms with Gasteiger partial charge in [0.25, 0.3) is 0 Å². The van der Waals surface area contributed by atoms with Crippen LogP contribution < -0.4 is 4.72 Å². The van der Waals surface area contributed by atoms with Crippen LogP contribution in [-0.4, -0.2) is 34.6 Å². The summed E-state index contributed by atoms with van der Waals surface area (Å²) in [4.78, 5) is 15.4. The summed E-state index contributed by atoms with van der Waals surface area (Å²) in [6, 6.07) is 6.96. The van der Waals surface area contributed by atoms with E-state index in [0.29, 0.717) is 17.2 Å². The molecule has 2 heterocycles. The Labute approximate surface area is 115 Å². The van der Waals surface area contributed by atoms with E-state index in [2.05, 4.69) is 24.7 Å². The maximum absolute atomic E-state index is 11.2. The molecule has 0 aliphatic heterocycles. The summed E-state index contributed by atoms with van der Waals surface area (Å²) in [5.41, 5.74) is 2.54. The van der Waals surface area contributed by atoms with E-state index >= 15 is 0 Å². The van der Waals surface area contributed by atoms with E-state index in [4.69, 9.17) is 0 Å². The molecule has 1 aromatic carbocycles. The third kappa shape index (κ3) is 2.59. The predicted molar refractivity (Wildman–Crippen MR) is 75.6 cm³/mol. The van der Waals surface area contributed by atoms with Crippen LogP contribution in [0.25, 0.3) is 22.6 Å². The van der Waals surface area contributed by atoms with Crippen molar-refractivity contribution in [1.29, 1.82) is 0 Å². The summed E-state index contributed by atoms with van der Waals surface area (Å²) in [5, 5.41) is 0. The van der Waals surface area contributed by atoms with Gasteiger partial charge in [-0.05, 0) is 12.1 Å². The molecule has 0 aliphatic carbocycles. The van der Waals surface area contributed by atoms with Gasteiger partial charge in [0.2, 0.25) is 10.0 Å². The number of nitrogens with zero attached hydrogens (tertiary/aromatic N) is 3. The first-order valence-corrected chi connectivity index (χ1v) is 7.64. The minimum absolute atomic E-state index is 0.483. The van der Waals surface area contributed by atoms with Gasteiger partial charge in [0.1, 0.15) is 17.7 Å². The standard InChI is InChI=1S/C12H11N5O2S/c1-20(18,19)17-9-4-2-3-8(5-9)11-15-10-6-13-7-14-12(10)16-11/h2-7,17H,1H3,(H,13,14,15,16). The van der Waals surface area contributed by atoms with E-state index < -0.39 is 10.0 Å². The van der Waals surface area contributed by atoms with Gasteiger partial charge in [0.15, 0.2) is 5.65 Å². The number of H-pyrrole nitrogens is 1. The maximum atomic E-state index is 11.2. The summed E-state index contributed by atoms with van der Waals surface area (Å²) in [6.07, 6.45) is 4.17. The molecule has 0 amide bonds. The number of imidazole rings is 1. The largest absolute Gasteiger partial charge is 0.335 e. The second-order valence-corrected chi connectivity index (χ2v) is 6.05. The van der Waals surface area contributed by atoms with Crippen LogP contribution in [0, 0.1) is 0 Å². The Hall–Kier alpha value is -2.48.